The topological polar surface area (TPSA) is 46.6 Å². The van der Waals surface area contributed by atoms with Crippen LogP contribution in [-0.2, 0) is 16.1 Å². The van der Waals surface area contributed by atoms with Crippen LogP contribution in [0, 0.1) is 11.7 Å². The van der Waals surface area contributed by atoms with Crippen molar-refractivity contribution in [2.75, 3.05) is 13.1 Å². The molecule has 1 atom stereocenters. The Morgan fingerprint density at radius 1 is 1.19 bits per heavy atom. The van der Waals surface area contributed by atoms with E-state index in [0.717, 1.165) is 12.0 Å². The maximum absolute atomic E-state index is 13.0. The number of ether oxygens (including phenoxy) is 1. The molecule has 1 amide bonds. The molecule has 26 heavy (non-hydrogen) atoms. The van der Waals surface area contributed by atoms with Crippen LogP contribution < -0.4 is 0 Å². The van der Waals surface area contributed by atoms with Gasteiger partial charge in [-0.25, -0.2) is 4.39 Å². The summed E-state index contributed by atoms with van der Waals surface area (Å²) in [6, 6.07) is 12.6. The van der Waals surface area contributed by atoms with Crippen LogP contribution in [0.2, 0.25) is 5.02 Å². The van der Waals surface area contributed by atoms with E-state index in [9.17, 15) is 14.0 Å². The third-order valence-corrected chi connectivity index (χ3v) is 4.64. The molecular formula is C20H19ClFNO3. The number of halogens is 2. The van der Waals surface area contributed by atoms with E-state index in [2.05, 4.69) is 0 Å². The van der Waals surface area contributed by atoms with Gasteiger partial charge in [-0.3, -0.25) is 9.59 Å². The lowest BCUT2D eigenvalue weighted by Gasteiger charge is -2.31. The van der Waals surface area contributed by atoms with E-state index in [-0.39, 0.29) is 30.2 Å². The summed E-state index contributed by atoms with van der Waals surface area (Å²) in [5, 5.41) is 0.590. The Morgan fingerprint density at radius 2 is 1.96 bits per heavy atom. The molecule has 3 rings (SSSR count). The minimum atomic E-state index is -0.386. The molecule has 1 saturated heterocycles. The van der Waals surface area contributed by atoms with Crippen molar-refractivity contribution in [2.45, 2.75) is 19.4 Å². The lowest BCUT2D eigenvalue weighted by Crippen LogP contribution is -2.42. The highest BCUT2D eigenvalue weighted by Crippen LogP contribution is 2.21. The minimum absolute atomic E-state index is 0.155. The Labute approximate surface area is 156 Å². The van der Waals surface area contributed by atoms with Gasteiger partial charge in [-0.05, 0) is 54.8 Å². The van der Waals surface area contributed by atoms with Crippen LogP contribution >= 0.6 is 11.6 Å². The van der Waals surface area contributed by atoms with Gasteiger partial charge >= 0.3 is 5.97 Å². The van der Waals surface area contributed by atoms with Crippen LogP contribution in [0.1, 0.15) is 28.8 Å². The molecule has 136 valence electrons. The first-order chi connectivity index (χ1) is 12.5. The summed E-state index contributed by atoms with van der Waals surface area (Å²) in [5.74, 6) is -1.26. The van der Waals surface area contributed by atoms with Crippen molar-refractivity contribution in [1.29, 1.82) is 0 Å². The van der Waals surface area contributed by atoms with Gasteiger partial charge in [0.2, 0.25) is 0 Å². The van der Waals surface area contributed by atoms with E-state index in [1.165, 1.54) is 24.3 Å². The lowest BCUT2D eigenvalue weighted by atomic mass is 9.97. The highest BCUT2D eigenvalue weighted by Gasteiger charge is 2.30. The maximum Gasteiger partial charge on any atom is 0.311 e. The Morgan fingerprint density at radius 3 is 2.69 bits per heavy atom. The first-order valence-corrected chi connectivity index (χ1v) is 8.86. The van der Waals surface area contributed by atoms with Crippen LogP contribution in [-0.4, -0.2) is 29.9 Å². The molecule has 0 spiro atoms. The van der Waals surface area contributed by atoms with Crippen molar-refractivity contribution in [3.8, 4) is 0 Å². The second kappa shape index (κ2) is 8.32. The summed E-state index contributed by atoms with van der Waals surface area (Å²) in [7, 11) is 0. The lowest BCUT2D eigenvalue weighted by molar-refractivity contribution is -0.151. The molecule has 2 aromatic carbocycles. The van der Waals surface area contributed by atoms with Gasteiger partial charge in [0.1, 0.15) is 12.4 Å². The summed E-state index contributed by atoms with van der Waals surface area (Å²) in [6.45, 7) is 1.04. The molecule has 1 fully saturated rings. The van der Waals surface area contributed by atoms with Gasteiger partial charge in [-0.2, -0.15) is 0 Å². The first kappa shape index (κ1) is 18.4. The normalized spacial score (nSPS) is 17.0. The Hall–Kier alpha value is -2.40. The van der Waals surface area contributed by atoms with E-state index in [1.54, 1.807) is 23.1 Å². The van der Waals surface area contributed by atoms with Crippen LogP contribution in [0.3, 0.4) is 0 Å². The van der Waals surface area contributed by atoms with E-state index in [1.807, 2.05) is 6.07 Å². The smallest absolute Gasteiger partial charge is 0.311 e. The first-order valence-electron chi connectivity index (χ1n) is 8.49. The van der Waals surface area contributed by atoms with Gasteiger partial charge in [0, 0.05) is 23.7 Å². The van der Waals surface area contributed by atoms with Crippen molar-refractivity contribution in [3.63, 3.8) is 0 Å². The number of nitrogens with zero attached hydrogens (tertiary/aromatic N) is 1. The number of rotatable bonds is 4. The zero-order valence-corrected chi connectivity index (χ0v) is 14.9. The van der Waals surface area contributed by atoms with Gasteiger partial charge < -0.3 is 9.64 Å². The number of esters is 1. The number of hydrogen-bond acceptors (Lipinski definition) is 3. The van der Waals surface area contributed by atoms with Crippen molar-refractivity contribution >= 4 is 23.5 Å². The van der Waals surface area contributed by atoms with E-state index < -0.39 is 0 Å². The van der Waals surface area contributed by atoms with Crippen molar-refractivity contribution in [1.82, 2.24) is 4.90 Å². The van der Waals surface area contributed by atoms with Gasteiger partial charge in [0.25, 0.3) is 5.91 Å². The van der Waals surface area contributed by atoms with Crippen LogP contribution in [0.25, 0.3) is 0 Å². The highest BCUT2D eigenvalue weighted by molar-refractivity contribution is 6.30. The Balaban J connectivity index is 1.58. The van der Waals surface area contributed by atoms with Crippen LogP contribution in [0.4, 0.5) is 4.39 Å². The zero-order valence-electron chi connectivity index (χ0n) is 14.2. The summed E-state index contributed by atoms with van der Waals surface area (Å²) in [6.07, 6.45) is 1.41. The maximum atomic E-state index is 13.0. The standard InChI is InChI=1S/C20H19ClFNO3/c21-17-5-1-3-14(11-17)13-26-20(25)16-4-2-10-23(12-16)19(24)15-6-8-18(22)9-7-15/h1,3,5-9,11,16H,2,4,10,12-13H2. The fourth-order valence-corrected chi connectivity index (χ4v) is 3.24. The van der Waals surface area contributed by atoms with Gasteiger partial charge in [0.15, 0.2) is 0 Å². The summed E-state index contributed by atoms with van der Waals surface area (Å²) in [5.41, 5.74) is 1.24. The number of likely N-dealkylation sites (tertiary alicyclic amines) is 1. The molecule has 2 aromatic rings. The van der Waals surface area contributed by atoms with Crippen molar-refractivity contribution in [3.05, 3.63) is 70.5 Å². The average molecular weight is 376 g/mol. The molecule has 0 saturated carbocycles. The summed E-state index contributed by atoms with van der Waals surface area (Å²) < 4.78 is 18.4. The number of carbonyl (C=O) groups is 2. The third kappa shape index (κ3) is 4.61. The molecule has 1 heterocycles. The van der Waals surface area contributed by atoms with Gasteiger partial charge in [-0.15, -0.1) is 0 Å². The average Bonchev–Trinajstić information content (AvgIpc) is 2.66. The number of hydrogen-bond donors (Lipinski definition) is 0. The van der Waals surface area contributed by atoms with E-state index >= 15 is 0 Å². The largest absolute Gasteiger partial charge is 0.461 e. The van der Waals surface area contributed by atoms with Crippen LogP contribution in [0.5, 0.6) is 0 Å². The highest BCUT2D eigenvalue weighted by atomic mass is 35.5. The molecule has 0 radical (unpaired) electrons. The number of benzene rings is 2. The fraction of sp³-hybridized carbons (Fsp3) is 0.300. The van der Waals surface area contributed by atoms with E-state index in [4.69, 9.17) is 16.3 Å². The Bertz CT molecular complexity index is 794. The number of piperidine rings is 1. The predicted octanol–water partition coefficient (Wildman–Crippen LogP) is 4.07. The zero-order chi connectivity index (χ0) is 18.5. The van der Waals surface area contributed by atoms with Crippen molar-refractivity contribution < 1.29 is 18.7 Å². The second-order valence-electron chi connectivity index (χ2n) is 6.33. The molecule has 0 N–H and O–H groups in total. The third-order valence-electron chi connectivity index (χ3n) is 4.40. The predicted molar refractivity (Wildman–Crippen MR) is 96.3 cm³/mol. The molecule has 1 aliphatic heterocycles. The van der Waals surface area contributed by atoms with Gasteiger partial charge in [0.05, 0.1) is 5.92 Å². The summed E-state index contributed by atoms with van der Waals surface area (Å²) >= 11 is 5.92. The number of amides is 1. The van der Waals surface area contributed by atoms with Gasteiger partial charge in [-0.1, -0.05) is 23.7 Å². The molecule has 1 aliphatic rings. The molecule has 1 unspecified atom stereocenters. The molecule has 6 heteroatoms. The molecule has 0 aromatic heterocycles. The molecular weight excluding hydrogens is 357 g/mol. The number of carbonyl (C=O) groups excluding carboxylic acids is 2. The molecule has 0 aliphatic carbocycles. The second-order valence-corrected chi connectivity index (χ2v) is 6.77. The Kier molecular flexibility index (Phi) is 5.89. The molecule has 4 nitrogen and oxygen atoms in total. The minimum Gasteiger partial charge on any atom is -0.461 e. The molecule has 0 bridgehead atoms. The monoisotopic (exact) mass is 375 g/mol. The fourth-order valence-electron chi connectivity index (χ4n) is 3.03. The van der Waals surface area contributed by atoms with Crippen LogP contribution in [0.15, 0.2) is 48.5 Å². The summed E-state index contributed by atoms with van der Waals surface area (Å²) in [4.78, 5) is 26.5. The van der Waals surface area contributed by atoms with Crippen molar-refractivity contribution in [2.24, 2.45) is 5.92 Å². The quantitative estimate of drug-likeness (QED) is 0.756. The van der Waals surface area contributed by atoms with E-state index in [0.29, 0.717) is 30.1 Å². The SMILES string of the molecule is O=C(OCc1cccc(Cl)c1)C1CCCN(C(=O)c2ccc(F)cc2)C1.